The molecule has 0 aromatic heterocycles. The quantitative estimate of drug-likeness (QED) is 0.867. The average Bonchev–Trinajstić information content (AvgIpc) is 2.44. The van der Waals surface area contributed by atoms with Gasteiger partial charge in [-0.2, -0.15) is 0 Å². The lowest BCUT2D eigenvalue weighted by Gasteiger charge is -2.33. The van der Waals surface area contributed by atoms with E-state index < -0.39 is 0 Å². The van der Waals surface area contributed by atoms with E-state index in [-0.39, 0.29) is 12.5 Å². The average molecular weight is 262 g/mol. The standard InChI is InChI=1S/C15H22N2O2/c1-12(9-16-15(18)11-19-2)17-8-7-13-5-3-4-6-14(13)10-17/h3-6,12H,7-11H2,1-2H3,(H,16,18)/t12-/m0/s1. The second kappa shape index (κ2) is 6.68. The zero-order valence-electron chi connectivity index (χ0n) is 11.7. The topological polar surface area (TPSA) is 41.6 Å². The summed E-state index contributed by atoms with van der Waals surface area (Å²) >= 11 is 0. The zero-order valence-corrected chi connectivity index (χ0v) is 11.7. The Hall–Kier alpha value is -1.39. The molecule has 1 heterocycles. The summed E-state index contributed by atoms with van der Waals surface area (Å²) in [5.41, 5.74) is 2.86. The fraction of sp³-hybridized carbons (Fsp3) is 0.533. The van der Waals surface area contributed by atoms with Gasteiger partial charge >= 0.3 is 0 Å². The van der Waals surface area contributed by atoms with Crippen molar-refractivity contribution in [2.24, 2.45) is 0 Å². The fourth-order valence-corrected chi connectivity index (χ4v) is 2.47. The number of methoxy groups -OCH3 is 1. The maximum Gasteiger partial charge on any atom is 0.246 e. The Balaban J connectivity index is 1.85. The van der Waals surface area contributed by atoms with Gasteiger partial charge < -0.3 is 10.1 Å². The number of benzene rings is 1. The second-order valence-electron chi connectivity index (χ2n) is 5.08. The van der Waals surface area contributed by atoms with Crippen LogP contribution in [0.1, 0.15) is 18.1 Å². The van der Waals surface area contributed by atoms with Crippen LogP contribution in [0.2, 0.25) is 0 Å². The number of hydrogen-bond acceptors (Lipinski definition) is 3. The van der Waals surface area contributed by atoms with E-state index in [1.54, 1.807) is 0 Å². The third kappa shape index (κ3) is 3.78. The van der Waals surface area contributed by atoms with Crippen molar-refractivity contribution >= 4 is 5.91 Å². The molecule has 0 saturated heterocycles. The molecule has 0 fully saturated rings. The first-order valence-corrected chi connectivity index (χ1v) is 6.77. The minimum Gasteiger partial charge on any atom is -0.375 e. The van der Waals surface area contributed by atoms with Gasteiger partial charge in [-0.3, -0.25) is 9.69 Å². The number of nitrogens with one attached hydrogen (secondary N) is 1. The number of carbonyl (C=O) groups is 1. The largest absolute Gasteiger partial charge is 0.375 e. The van der Waals surface area contributed by atoms with Crippen LogP contribution in [0.5, 0.6) is 0 Å². The van der Waals surface area contributed by atoms with Gasteiger partial charge in [0.2, 0.25) is 5.91 Å². The van der Waals surface area contributed by atoms with Crippen molar-refractivity contribution < 1.29 is 9.53 Å². The molecule has 0 radical (unpaired) electrons. The van der Waals surface area contributed by atoms with Gasteiger partial charge in [0.05, 0.1) is 0 Å². The van der Waals surface area contributed by atoms with Gasteiger partial charge in [0.1, 0.15) is 6.61 Å². The lowest BCUT2D eigenvalue weighted by molar-refractivity contribution is -0.124. The third-order valence-electron chi connectivity index (χ3n) is 3.65. The van der Waals surface area contributed by atoms with Crippen LogP contribution in [0.3, 0.4) is 0 Å². The predicted octanol–water partition coefficient (Wildman–Crippen LogP) is 1.20. The Morgan fingerprint density at radius 1 is 1.42 bits per heavy atom. The van der Waals surface area contributed by atoms with E-state index in [0.29, 0.717) is 12.6 Å². The summed E-state index contributed by atoms with van der Waals surface area (Å²) in [6.07, 6.45) is 1.09. The maximum atomic E-state index is 11.4. The van der Waals surface area contributed by atoms with Crippen molar-refractivity contribution in [1.29, 1.82) is 0 Å². The summed E-state index contributed by atoms with van der Waals surface area (Å²) in [6.45, 7) is 4.98. The van der Waals surface area contributed by atoms with Crippen LogP contribution in [0, 0.1) is 0 Å². The summed E-state index contributed by atoms with van der Waals surface area (Å²) in [4.78, 5) is 13.8. The molecule has 0 bridgehead atoms. The van der Waals surface area contributed by atoms with E-state index in [1.807, 2.05) is 0 Å². The summed E-state index contributed by atoms with van der Waals surface area (Å²) in [5, 5.41) is 2.90. The molecule has 1 aromatic rings. The minimum atomic E-state index is -0.0493. The van der Waals surface area contributed by atoms with Gasteiger partial charge in [0.15, 0.2) is 0 Å². The van der Waals surface area contributed by atoms with Gasteiger partial charge in [-0.05, 0) is 24.5 Å². The lowest BCUT2D eigenvalue weighted by atomic mass is 9.99. The number of rotatable bonds is 5. The van der Waals surface area contributed by atoms with Crippen LogP contribution in [0.25, 0.3) is 0 Å². The van der Waals surface area contributed by atoms with E-state index in [0.717, 1.165) is 19.5 Å². The molecular weight excluding hydrogens is 240 g/mol. The highest BCUT2D eigenvalue weighted by Gasteiger charge is 2.20. The molecule has 19 heavy (non-hydrogen) atoms. The third-order valence-corrected chi connectivity index (χ3v) is 3.65. The van der Waals surface area contributed by atoms with Crippen LogP contribution in [-0.2, 0) is 22.5 Å². The van der Waals surface area contributed by atoms with E-state index in [1.165, 1.54) is 18.2 Å². The Labute approximate surface area is 114 Å². The normalized spacial score (nSPS) is 16.7. The highest BCUT2D eigenvalue weighted by molar-refractivity contribution is 5.77. The monoisotopic (exact) mass is 262 g/mol. The zero-order chi connectivity index (χ0) is 13.7. The van der Waals surface area contributed by atoms with Gasteiger partial charge in [0.25, 0.3) is 0 Å². The molecule has 1 aliphatic heterocycles. The molecule has 0 unspecified atom stereocenters. The van der Waals surface area contributed by atoms with Crippen LogP contribution < -0.4 is 5.32 Å². The van der Waals surface area contributed by atoms with Crippen molar-refractivity contribution in [3.8, 4) is 0 Å². The summed E-state index contributed by atoms with van der Waals surface area (Å²) in [6, 6.07) is 8.93. The van der Waals surface area contributed by atoms with E-state index >= 15 is 0 Å². The van der Waals surface area contributed by atoms with Crippen molar-refractivity contribution in [2.45, 2.75) is 25.9 Å². The Morgan fingerprint density at radius 2 is 2.16 bits per heavy atom. The Morgan fingerprint density at radius 3 is 2.89 bits per heavy atom. The van der Waals surface area contributed by atoms with Crippen molar-refractivity contribution in [3.05, 3.63) is 35.4 Å². The molecule has 0 aliphatic carbocycles. The van der Waals surface area contributed by atoms with Gasteiger partial charge in [0, 0.05) is 32.8 Å². The molecule has 104 valence electrons. The first-order valence-electron chi connectivity index (χ1n) is 6.77. The van der Waals surface area contributed by atoms with Gasteiger partial charge in [-0.15, -0.1) is 0 Å². The maximum absolute atomic E-state index is 11.4. The molecule has 0 saturated carbocycles. The summed E-state index contributed by atoms with van der Waals surface area (Å²) in [5.74, 6) is -0.0493. The highest BCUT2D eigenvalue weighted by atomic mass is 16.5. The molecular formula is C15H22N2O2. The number of amides is 1. The highest BCUT2D eigenvalue weighted by Crippen LogP contribution is 2.19. The molecule has 4 nitrogen and oxygen atoms in total. The Bertz CT molecular complexity index is 434. The first-order chi connectivity index (χ1) is 9.20. The molecule has 1 atom stereocenters. The summed E-state index contributed by atoms with van der Waals surface area (Å²) < 4.78 is 4.80. The van der Waals surface area contributed by atoms with Crippen molar-refractivity contribution in [3.63, 3.8) is 0 Å². The molecule has 4 heteroatoms. The van der Waals surface area contributed by atoms with E-state index in [2.05, 4.69) is 41.4 Å². The predicted molar refractivity (Wildman–Crippen MR) is 74.9 cm³/mol. The van der Waals surface area contributed by atoms with Crippen LogP contribution in [0.15, 0.2) is 24.3 Å². The van der Waals surface area contributed by atoms with E-state index in [4.69, 9.17) is 4.74 Å². The number of carbonyl (C=O) groups excluding carboxylic acids is 1. The van der Waals surface area contributed by atoms with Crippen molar-refractivity contribution in [2.75, 3.05) is 26.8 Å². The SMILES string of the molecule is COCC(=O)NC[C@H](C)N1CCc2ccccc2C1. The number of nitrogens with zero attached hydrogens (tertiary/aromatic N) is 1. The minimum absolute atomic E-state index is 0.0493. The van der Waals surface area contributed by atoms with Crippen molar-refractivity contribution in [1.82, 2.24) is 10.2 Å². The van der Waals surface area contributed by atoms with Gasteiger partial charge in [-0.1, -0.05) is 24.3 Å². The second-order valence-corrected chi connectivity index (χ2v) is 5.08. The molecule has 1 aliphatic rings. The molecule has 1 amide bonds. The molecule has 2 rings (SSSR count). The first kappa shape index (κ1) is 14.0. The molecule has 1 N–H and O–H groups in total. The van der Waals surface area contributed by atoms with E-state index in [9.17, 15) is 4.79 Å². The smallest absolute Gasteiger partial charge is 0.246 e. The number of ether oxygens (including phenoxy) is 1. The van der Waals surface area contributed by atoms with Crippen LogP contribution >= 0.6 is 0 Å². The van der Waals surface area contributed by atoms with Crippen LogP contribution in [0.4, 0.5) is 0 Å². The lowest BCUT2D eigenvalue weighted by Crippen LogP contribution is -2.44. The number of fused-ring (bicyclic) bond motifs is 1. The number of hydrogen-bond donors (Lipinski definition) is 1. The Kier molecular flexibility index (Phi) is 4.93. The molecule has 0 spiro atoms. The summed E-state index contributed by atoms with van der Waals surface area (Å²) in [7, 11) is 1.53. The van der Waals surface area contributed by atoms with Gasteiger partial charge in [-0.25, -0.2) is 0 Å². The fourth-order valence-electron chi connectivity index (χ4n) is 2.47. The van der Waals surface area contributed by atoms with Crippen LogP contribution in [-0.4, -0.2) is 43.7 Å². The molecule has 1 aromatic carbocycles.